The van der Waals surface area contributed by atoms with Crippen LogP contribution in [0.5, 0.6) is 11.5 Å². The quantitative estimate of drug-likeness (QED) is 0.782. The van der Waals surface area contributed by atoms with E-state index in [1.54, 1.807) is 28.0 Å². The molecule has 0 aliphatic carbocycles. The number of amides is 2. The van der Waals surface area contributed by atoms with Crippen LogP contribution in [0.15, 0.2) is 24.3 Å². The van der Waals surface area contributed by atoms with Crippen LogP contribution in [0, 0.1) is 0 Å². The highest BCUT2D eigenvalue weighted by atomic mass is 16.3. The van der Waals surface area contributed by atoms with Gasteiger partial charge in [-0.05, 0) is 56.7 Å². The Labute approximate surface area is 165 Å². The van der Waals surface area contributed by atoms with Crippen LogP contribution in [0.2, 0.25) is 0 Å². The maximum Gasteiger partial charge on any atom is 0.246 e. The third-order valence-electron chi connectivity index (χ3n) is 5.32. The predicted octanol–water partition coefficient (Wildman–Crippen LogP) is 3.15. The highest BCUT2D eigenvalue weighted by Crippen LogP contribution is 2.29. The van der Waals surface area contributed by atoms with Crippen LogP contribution in [0.1, 0.15) is 49.7 Å². The van der Waals surface area contributed by atoms with Gasteiger partial charge in [0.2, 0.25) is 11.8 Å². The van der Waals surface area contributed by atoms with E-state index >= 15 is 0 Å². The first-order valence-corrected chi connectivity index (χ1v) is 10.0. The molecule has 2 aliphatic heterocycles. The summed E-state index contributed by atoms with van der Waals surface area (Å²) in [6.45, 7) is 3.04. The number of rotatable bonds is 4. The molecule has 0 unspecified atom stereocenters. The van der Waals surface area contributed by atoms with Gasteiger partial charge in [0.15, 0.2) is 0 Å². The van der Waals surface area contributed by atoms with Crippen molar-refractivity contribution in [1.82, 2.24) is 9.80 Å². The molecule has 1 aromatic carbocycles. The molecule has 1 aromatic rings. The van der Waals surface area contributed by atoms with Crippen molar-refractivity contribution in [2.75, 3.05) is 26.2 Å². The molecule has 0 aromatic heterocycles. The summed E-state index contributed by atoms with van der Waals surface area (Å²) in [4.78, 5) is 28.1. The van der Waals surface area contributed by atoms with E-state index in [1.807, 2.05) is 0 Å². The lowest BCUT2D eigenvalue weighted by Crippen LogP contribution is -2.34. The van der Waals surface area contributed by atoms with Gasteiger partial charge in [0.25, 0.3) is 0 Å². The summed E-state index contributed by atoms with van der Waals surface area (Å²) in [6.07, 6.45) is 12.4. The van der Waals surface area contributed by atoms with Gasteiger partial charge in [-0.25, -0.2) is 0 Å². The number of phenols is 2. The van der Waals surface area contributed by atoms with Gasteiger partial charge in [-0.1, -0.05) is 0 Å². The van der Waals surface area contributed by atoms with Gasteiger partial charge in [0.05, 0.1) is 0 Å². The molecule has 150 valence electrons. The lowest BCUT2D eigenvalue weighted by Gasteiger charge is -2.25. The Morgan fingerprint density at radius 1 is 0.679 bits per heavy atom. The molecule has 0 radical (unpaired) electrons. The largest absolute Gasteiger partial charge is 0.507 e. The third-order valence-corrected chi connectivity index (χ3v) is 5.32. The normalized spacial score (nSPS) is 18.1. The summed E-state index contributed by atoms with van der Waals surface area (Å²) in [7, 11) is 0. The Kier molecular flexibility index (Phi) is 6.74. The fourth-order valence-corrected chi connectivity index (χ4v) is 3.64. The zero-order valence-corrected chi connectivity index (χ0v) is 16.1. The molecule has 6 nitrogen and oxygen atoms in total. The molecule has 28 heavy (non-hydrogen) atoms. The topological polar surface area (TPSA) is 81.1 Å². The summed E-state index contributed by atoms with van der Waals surface area (Å²) in [6, 6.07) is 2.81. The molecular weight excluding hydrogens is 356 g/mol. The van der Waals surface area contributed by atoms with E-state index in [4.69, 9.17) is 0 Å². The van der Waals surface area contributed by atoms with Gasteiger partial charge in [-0.3, -0.25) is 9.59 Å². The third kappa shape index (κ3) is 5.15. The second kappa shape index (κ2) is 9.44. The predicted molar refractivity (Wildman–Crippen MR) is 109 cm³/mol. The number of phenolic OH excluding ortho intramolecular Hbond substituents is 2. The molecule has 3 rings (SSSR count). The standard InChI is InChI=1S/C22H28N2O4/c25-19-16-20(26)18(8-10-22(28)24-13-5-2-6-14-24)15-17(19)7-9-21(27)23-11-3-1-4-12-23/h7-10,15-16,25-26H,1-6,11-14H2/b9-7+,10-8+. The minimum absolute atomic E-state index is 0.0791. The Bertz CT molecular complexity index is 712. The first kappa shape index (κ1) is 20.0. The van der Waals surface area contributed by atoms with Gasteiger partial charge < -0.3 is 20.0 Å². The zero-order chi connectivity index (χ0) is 19.9. The average Bonchev–Trinajstić information content (AvgIpc) is 2.73. The lowest BCUT2D eigenvalue weighted by molar-refractivity contribution is -0.127. The van der Waals surface area contributed by atoms with Crippen LogP contribution >= 0.6 is 0 Å². The van der Waals surface area contributed by atoms with E-state index in [1.165, 1.54) is 18.2 Å². The summed E-state index contributed by atoms with van der Waals surface area (Å²) in [5.74, 6) is -0.381. The molecule has 6 heteroatoms. The second-order valence-electron chi connectivity index (χ2n) is 7.41. The minimum Gasteiger partial charge on any atom is -0.507 e. The van der Waals surface area contributed by atoms with E-state index in [9.17, 15) is 19.8 Å². The summed E-state index contributed by atoms with van der Waals surface area (Å²) in [5, 5.41) is 20.2. The molecule has 2 N–H and O–H groups in total. The Morgan fingerprint density at radius 2 is 1.07 bits per heavy atom. The van der Waals surface area contributed by atoms with Gasteiger partial charge in [-0.2, -0.15) is 0 Å². The van der Waals surface area contributed by atoms with Crippen LogP contribution < -0.4 is 0 Å². The van der Waals surface area contributed by atoms with Crippen molar-refractivity contribution in [1.29, 1.82) is 0 Å². The monoisotopic (exact) mass is 384 g/mol. The summed E-state index contributed by atoms with van der Waals surface area (Å²) in [5.41, 5.74) is 0.849. The Balaban J connectivity index is 1.70. The molecule has 2 aliphatic rings. The first-order valence-electron chi connectivity index (χ1n) is 10.0. The number of nitrogens with zero attached hydrogens (tertiary/aromatic N) is 2. The van der Waals surface area contributed by atoms with Gasteiger partial charge in [0.1, 0.15) is 11.5 Å². The van der Waals surface area contributed by atoms with Crippen molar-refractivity contribution < 1.29 is 19.8 Å². The van der Waals surface area contributed by atoms with Crippen LogP contribution in [0.4, 0.5) is 0 Å². The van der Waals surface area contributed by atoms with Crippen molar-refractivity contribution in [3.63, 3.8) is 0 Å². The summed E-state index contributed by atoms with van der Waals surface area (Å²) < 4.78 is 0. The number of piperidine rings is 2. The molecule has 2 fully saturated rings. The number of carbonyl (C=O) groups is 2. The fraction of sp³-hybridized carbons (Fsp3) is 0.455. The molecule has 0 bridgehead atoms. The van der Waals surface area contributed by atoms with Crippen LogP contribution in [-0.2, 0) is 9.59 Å². The Morgan fingerprint density at radius 3 is 1.46 bits per heavy atom. The van der Waals surface area contributed by atoms with Gasteiger partial charge >= 0.3 is 0 Å². The smallest absolute Gasteiger partial charge is 0.246 e. The molecule has 2 heterocycles. The maximum absolute atomic E-state index is 12.3. The van der Waals surface area contributed by atoms with Crippen molar-refractivity contribution in [2.24, 2.45) is 0 Å². The highest BCUT2D eigenvalue weighted by Gasteiger charge is 2.15. The maximum atomic E-state index is 12.3. The number of benzene rings is 1. The number of carbonyl (C=O) groups excluding carboxylic acids is 2. The second-order valence-corrected chi connectivity index (χ2v) is 7.41. The molecule has 0 saturated carbocycles. The molecule has 2 saturated heterocycles. The first-order chi connectivity index (χ1) is 13.5. The number of likely N-dealkylation sites (tertiary alicyclic amines) is 2. The van der Waals surface area contributed by atoms with Crippen LogP contribution in [0.25, 0.3) is 12.2 Å². The molecule has 0 atom stereocenters. The van der Waals surface area contributed by atoms with E-state index in [2.05, 4.69) is 0 Å². The van der Waals surface area contributed by atoms with E-state index in [0.29, 0.717) is 11.1 Å². The Hall–Kier alpha value is -2.76. The SMILES string of the molecule is O=C(/C=C/c1cc(/C=C/C(=O)N2CCCCC2)c(O)cc1O)N1CCCCC1. The van der Waals surface area contributed by atoms with Crippen molar-refractivity contribution in [3.05, 3.63) is 35.4 Å². The molecular formula is C22H28N2O4. The van der Waals surface area contributed by atoms with Gasteiger partial charge in [-0.15, -0.1) is 0 Å². The molecule has 2 amide bonds. The van der Waals surface area contributed by atoms with Crippen molar-refractivity contribution in [3.8, 4) is 11.5 Å². The molecule has 0 spiro atoms. The number of hydrogen-bond acceptors (Lipinski definition) is 4. The number of aromatic hydroxyl groups is 2. The van der Waals surface area contributed by atoms with E-state index in [-0.39, 0.29) is 23.3 Å². The van der Waals surface area contributed by atoms with E-state index < -0.39 is 0 Å². The van der Waals surface area contributed by atoms with Crippen molar-refractivity contribution >= 4 is 24.0 Å². The zero-order valence-electron chi connectivity index (χ0n) is 16.1. The van der Waals surface area contributed by atoms with Gasteiger partial charge in [0, 0.05) is 55.5 Å². The van der Waals surface area contributed by atoms with Crippen molar-refractivity contribution in [2.45, 2.75) is 38.5 Å². The van der Waals surface area contributed by atoms with E-state index in [0.717, 1.165) is 64.7 Å². The number of hydrogen-bond donors (Lipinski definition) is 2. The minimum atomic E-state index is -0.111. The highest BCUT2D eigenvalue weighted by molar-refractivity contribution is 5.93. The van der Waals surface area contributed by atoms with Crippen LogP contribution in [-0.4, -0.2) is 58.0 Å². The average molecular weight is 384 g/mol. The van der Waals surface area contributed by atoms with Crippen LogP contribution in [0.3, 0.4) is 0 Å². The lowest BCUT2D eigenvalue weighted by atomic mass is 10.1. The summed E-state index contributed by atoms with van der Waals surface area (Å²) >= 11 is 0. The fourth-order valence-electron chi connectivity index (χ4n) is 3.64.